The number of rotatable bonds is 3. The first-order chi connectivity index (χ1) is 8.28. The zero-order chi connectivity index (χ0) is 12.1. The van der Waals surface area contributed by atoms with Crippen molar-refractivity contribution >= 4 is 17.5 Å². The third-order valence-corrected chi connectivity index (χ3v) is 2.40. The highest BCUT2D eigenvalue weighted by molar-refractivity contribution is 5.62. The molecule has 2 aromatic carbocycles. The van der Waals surface area contributed by atoms with E-state index in [0.717, 1.165) is 16.9 Å². The lowest BCUT2D eigenvalue weighted by atomic mass is 10.2. The summed E-state index contributed by atoms with van der Waals surface area (Å²) in [5.74, 6) is -0.223. The van der Waals surface area contributed by atoms with Gasteiger partial charge in [-0.25, -0.2) is 4.39 Å². The molecule has 0 bridgehead atoms. The molecule has 1 nitrogen and oxygen atoms in total. The van der Waals surface area contributed by atoms with Crippen LogP contribution in [0.1, 0.15) is 12.5 Å². The average Bonchev–Trinajstić information content (AvgIpc) is 2.35. The second-order valence-electron chi connectivity index (χ2n) is 3.75. The lowest BCUT2D eigenvalue weighted by Gasteiger charge is -2.06. The van der Waals surface area contributed by atoms with Gasteiger partial charge in [-0.1, -0.05) is 24.3 Å². The van der Waals surface area contributed by atoms with E-state index >= 15 is 0 Å². The van der Waals surface area contributed by atoms with Gasteiger partial charge in [0.25, 0.3) is 0 Å². The van der Waals surface area contributed by atoms with Crippen molar-refractivity contribution in [3.63, 3.8) is 0 Å². The molecule has 0 saturated heterocycles. The molecule has 0 atom stereocenters. The molecule has 0 amide bonds. The maximum Gasteiger partial charge on any atom is 0.123 e. The lowest BCUT2D eigenvalue weighted by molar-refractivity contribution is 0.628. The van der Waals surface area contributed by atoms with E-state index in [1.807, 2.05) is 43.3 Å². The molecule has 0 radical (unpaired) electrons. The molecule has 0 unspecified atom stereocenters. The van der Waals surface area contributed by atoms with Crippen LogP contribution in [0.15, 0.2) is 54.6 Å². The quantitative estimate of drug-likeness (QED) is 0.807. The number of anilines is 2. The molecule has 1 N–H and O–H groups in total. The molecule has 2 rings (SSSR count). The molecule has 86 valence electrons. The maximum absolute atomic E-state index is 12.7. The molecule has 0 aromatic heterocycles. The van der Waals surface area contributed by atoms with Crippen molar-refractivity contribution in [2.45, 2.75) is 6.92 Å². The second-order valence-corrected chi connectivity index (χ2v) is 3.75. The normalized spacial score (nSPS) is 10.7. The average molecular weight is 227 g/mol. The van der Waals surface area contributed by atoms with Crippen molar-refractivity contribution in [2.75, 3.05) is 5.32 Å². The van der Waals surface area contributed by atoms with Crippen LogP contribution in [0.25, 0.3) is 6.08 Å². The Labute approximate surface area is 101 Å². The first-order valence-corrected chi connectivity index (χ1v) is 5.53. The Morgan fingerprint density at radius 2 is 1.41 bits per heavy atom. The fraction of sp³-hybridized carbons (Fsp3) is 0.0667. The molecule has 17 heavy (non-hydrogen) atoms. The summed E-state index contributed by atoms with van der Waals surface area (Å²) in [5, 5.41) is 3.21. The van der Waals surface area contributed by atoms with E-state index in [1.165, 1.54) is 12.1 Å². The predicted octanol–water partition coefficient (Wildman–Crippen LogP) is 4.60. The van der Waals surface area contributed by atoms with E-state index in [1.54, 1.807) is 12.1 Å². The van der Waals surface area contributed by atoms with E-state index in [9.17, 15) is 4.39 Å². The van der Waals surface area contributed by atoms with Gasteiger partial charge in [-0.3, -0.25) is 0 Å². The monoisotopic (exact) mass is 227 g/mol. The Morgan fingerprint density at radius 3 is 1.94 bits per heavy atom. The van der Waals surface area contributed by atoms with Gasteiger partial charge in [0.1, 0.15) is 5.82 Å². The largest absolute Gasteiger partial charge is 0.356 e. The third kappa shape index (κ3) is 3.18. The molecule has 0 heterocycles. The van der Waals surface area contributed by atoms with E-state index < -0.39 is 0 Å². The number of nitrogens with one attached hydrogen (secondary N) is 1. The van der Waals surface area contributed by atoms with Crippen LogP contribution in [0, 0.1) is 5.82 Å². The molecule has 2 heteroatoms. The lowest BCUT2D eigenvalue weighted by Crippen LogP contribution is -1.89. The molecule has 0 saturated carbocycles. The van der Waals surface area contributed by atoms with Gasteiger partial charge in [-0.2, -0.15) is 0 Å². The fourth-order valence-corrected chi connectivity index (χ4v) is 1.57. The predicted molar refractivity (Wildman–Crippen MR) is 70.8 cm³/mol. The highest BCUT2D eigenvalue weighted by Gasteiger charge is 1.95. The molecule has 0 aliphatic carbocycles. The van der Waals surface area contributed by atoms with Crippen LogP contribution < -0.4 is 5.32 Å². The molecule has 2 aromatic rings. The van der Waals surface area contributed by atoms with Crippen molar-refractivity contribution in [1.29, 1.82) is 0 Å². The van der Waals surface area contributed by atoms with Gasteiger partial charge in [-0.15, -0.1) is 0 Å². The number of benzene rings is 2. The summed E-state index contributed by atoms with van der Waals surface area (Å²) in [4.78, 5) is 0. The van der Waals surface area contributed by atoms with Gasteiger partial charge in [0.05, 0.1) is 0 Å². The summed E-state index contributed by atoms with van der Waals surface area (Å²) < 4.78 is 12.7. The van der Waals surface area contributed by atoms with Gasteiger partial charge < -0.3 is 5.32 Å². The van der Waals surface area contributed by atoms with E-state index in [4.69, 9.17) is 0 Å². The summed E-state index contributed by atoms with van der Waals surface area (Å²) in [6, 6.07) is 14.4. The highest BCUT2D eigenvalue weighted by atomic mass is 19.1. The number of hydrogen-bond donors (Lipinski definition) is 1. The van der Waals surface area contributed by atoms with Crippen molar-refractivity contribution in [1.82, 2.24) is 0 Å². The molecular formula is C15H14FN. The van der Waals surface area contributed by atoms with Crippen LogP contribution in [-0.2, 0) is 0 Å². The standard InChI is InChI=1S/C15H14FN/c1-2-3-12-4-8-14(9-5-12)17-15-10-6-13(16)7-11-15/h2-11,17H,1H3. The minimum absolute atomic E-state index is 0.223. The van der Waals surface area contributed by atoms with Crippen LogP contribution in [-0.4, -0.2) is 0 Å². The van der Waals surface area contributed by atoms with Gasteiger partial charge in [-0.05, 0) is 48.9 Å². The van der Waals surface area contributed by atoms with Crippen molar-refractivity contribution in [2.24, 2.45) is 0 Å². The van der Waals surface area contributed by atoms with Gasteiger partial charge >= 0.3 is 0 Å². The van der Waals surface area contributed by atoms with Crippen molar-refractivity contribution < 1.29 is 4.39 Å². The Kier molecular flexibility index (Phi) is 3.55. The van der Waals surface area contributed by atoms with Crippen LogP contribution >= 0.6 is 0 Å². The first-order valence-electron chi connectivity index (χ1n) is 5.53. The summed E-state index contributed by atoms with van der Waals surface area (Å²) in [6.45, 7) is 1.99. The van der Waals surface area contributed by atoms with E-state index in [2.05, 4.69) is 5.32 Å². The van der Waals surface area contributed by atoms with Crippen LogP contribution in [0.4, 0.5) is 15.8 Å². The van der Waals surface area contributed by atoms with Crippen LogP contribution in [0.5, 0.6) is 0 Å². The molecule has 0 spiro atoms. The number of halogens is 1. The minimum atomic E-state index is -0.223. The summed E-state index contributed by atoms with van der Waals surface area (Å²) in [7, 11) is 0. The zero-order valence-corrected chi connectivity index (χ0v) is 9.65. The summed E-state index contributed by atoms with van der Waals surface area (Å²) in [6.07, 6.45) is 4.05. The van der Waals surface area contributed by atoms with E-state index in [-0.39, 0.29) is 5.82 Å². The highest BCUT2D eigenvalue weighted by Crippen LogP contribution is 2.17. The van der Waals surface area contributed by atoms with Gasteiger partial charge in [0.2, 0.25) is 0 Å². The van der Waals surface area contributed by atoms with E-state index in [0.29, 0.717) is 0 Å². The molecule has 0 aliphatic rings. The topological polar surface area (TPSA) is 12.0 Å². The van der Waals surface area contributed by atoms with Crippen LogP contribution in [0.3, 0.4) is 0 Å². The zero-order valence-electron chi connectivity index (χ0n) is 9.65. The molecular weight excluding hydrogens is 213 g/mol. The fourth-order valence-electron chi connectivity index (χ4n) is 1.57. The second kappa shape index (κ2) is 5.30. The Bertz CT molecular complexity index is 497. The Balaban J connectivity index is 2.11. The number of allylic oxidation sites excluding steroid dienone is 1. The van der Waals surface area contributed by atoms with Crippen molar-refractivity contribution in [3.8, 4) is 0 Å². The van der Waals surface area contributed by atoms with Crippen molar-refractivity contribution in [3.05, 3.63) is 66.0 Å². The van der Waals surface area contributed by atoms with Gasteiger partial charge in [0.15, 0.2) is 0 Å². The third-order valence-electron chi connectivity index (χ3n) is 2.40. The smallest absolute Gasteiger partial charge is 0.123 e. The number of hydrogen-bond acceptors (Lipinski definition) is 1. The Morgan fingerprint density at radius 1 is 0.882 bits per heavy atom. The summed E-state index contributed by atoms with van der Waals surface area (Å²) >= 11 is 0. The molecule has 0 fully saturated rings. The summed E-state index contributed by atoms with van der Waals surface area (Å²) in [5.41, 5.74) is 3.03. The first kappa shape index (κ1) is 11.4. The van der Waals surface area contributed by atoms with Gasteiger partial charge in [0, 0.05) is 11.4 Å². The minimum Gasteiger partial charge on any atom is -0.356 e. The molecule has 0 aliphatic heterocycles. The SMILES string of the molecule is CC=Cc1ccc(Nc2ccc(F)cc2)cc1. The van der Waals surface area contributed by atoms with Crippen LogP contribution in [0.2, 0.25) is 0 Å². The maximum atomic E-state index is 12.7. The Hall–Kier alpha value is -2.09.